The largest absolute Gasteiger partial charge is 0.491 e. The fourth-order valence-electron chi connectivity index (χ4n) is 1.55. The molecule has 0 saturated carbocycles. The van der Waals surface area contributed by atoms with Gasteiger partial charge in [0.2, 0.25) is 0 Å². The minimum absolute atomic E-state index is 0.251. The molecule has 1 unspecified atom stereocenters. The molecule has 0 aliphatic heterocycles. The Labute approximate surface area is 109 Å². The molecule has 4 nitrogen and oxygen atoms in total. The molecule has 0 fully saturated rings. The van der Waals surface area contributed by atoms with Gasteiger partial charge in [-0.15, -0.1) is 0 Å². The van der Waals surface area contributed by atoms with Gasteiger partial charge in [0.1, 0.15) is 18.5 Å². The van der Waals surface area contributed by atoms with Crippen molar-refractivity contribution < 1.29 is 14.6 Å². The zero-order valence-corrected chi connectivity index (χ0v) is 11.2. The van der Waals surface area contributed by atoms with E-state index in [4.69, 9.17) is 9.47 Å². The van der Waals surface area contributed by atoms with Crippen molar-refractivity contribution in [3.05, 3.63) is 29.8 Å². The van der Waals surface area contributed by atoms with Crippen LogP contribution >= 0.6 is 0 Å². The van der Waals surface area contributed by atoms with E-state index in [1.54, 1.807) is 7.11 Å². The van der Waals surface area contributed by atoms with Crippen LogP contribution < -0.4 is 10.1 Å². The lowest BCUT2D eigenvalue weighted by Gasteiger charge is -2.11. The predicted molar refractivity (Wildman–Crippen MR) is 71.8 cm³/mol. The maximum absolute atomic E-state index is 9.45. The molecule has 0 spiro atoms. The summed E-state index contributed by atoms with van der Waals surface area (Å²) in [6.07, 6.45) is 0.555. The second kappa shape index (κ2) is 8.91. The molecular weight excluding hydrogens is 230 g/mol. The Balaban J connectivity index is 2.31. The highest BCUT2D eigenvalue weighted by Crippen LogP contribution is 2.12. The average molecular weight is 253 g/mol. The number of nitrogens with one attached hydrogen (secondary N) is 1. The quantitative estimate of drug-likeness (QED) is 0.656. The number of aliphatic hydroxyl groups is 1. The minimum atomic E-state index is -0.583. The number of rotatable bonds is 9. The lowest BCUT2D eigenvalue weighted by molar-refractivity contribution is 0.0325. The molecule has 0 aromatic heterocycles. The molecule has 18 heavy (non-hydrogen) atoms. The molecule has 1 aromatic carbocycles. The first kappa shape index (κ1) is 15.0. The van der Waals surface area contributed by atoms with E-state index in [1.165, 1.54) is 5.56 Å². The van der Waals surface area contributed by atoms with E-state index in [0.717, 1.165) is 25.3 Å². The van der Waals surface area contributed by atoms with E-state index < -0.39 is 6.10 Å². The third kappa shape index (κ3) is 6.00. The molecule has 102 valence electrons. The first-order valence-corrected chi connectivity index (χ1v) is 6.35. The monoisotopic (exact) mass is 253 g/mol. The average Bonchev–Trinajstić information content (AvgIpc) is 2.38. The molecule has 4 heteroatoms. The van der Waals surface area contributed by atoms with Gasteiger partial charge in [0.25, 0.3) is 0 Å². The molecular formula is C14H23NO3. The van der Waals surface area contributed by atoms with Crippen LogP contribution in [0.15, 0.2) is 24.3 Å². The second-order valence-electron chi connectivity index (χ2n) is 4.24. The molecule has 0 amide bonds. The molecule has 1 rings (SSSR count). The predicted octanol–water partition coefficient (Wildman–Crippen LogP) is 1.57. The molecule has 0 radical (unpaired) electrons. The summed E-state index contributed by atoms with van der Waals surface area (Å²) in [5.74, 6) is 0.768. The van der Waals surface area contributed by atoms with Crippen LogP contribution in [0.1, 0.15) is 18.9 Å². The number of ether oxygens (including phenoxy) is 2. The Kier molecular flexibility index (Phi) is 7.41. The summed E-state index contributed by atoms with van der Waals surface area (Å²) in [5, 5.41) is 12.8. The van der Waals surface area contributed by atoms with Gasteiger partial charge in [0, 0.05) is 13.7 Å². The highest BCUT2D eigenvalue weighted by molar-refractivity contribution is 5.27. The van der Waals surface area contributed by atoms with Crippen LogP contribution in [0.4, 0.5) is 0 Å². The third-order valence-electron chi connectivity index (χ3n) is 2.48. The molecule has 0 bridgehead atoms. The lowest BCUT2D eigenvalue weighted by atomic mass is 10.2. The zero-order valence-electron chi connectivity index (χ0n) is 11.2. The Bertz CT molecular complexity index is 313. The van der Waals surface area contributed by atoms with Crippen LogP contribution in [-0.4, -0.2) is 38.1 Å². The van der Waals surface area contributed by atoms with Crippen molar-refractivity contribution in [2.24, 2.45) is 0 Å². The number of aliphatic hydroxyl groups excluding tert-OH is 1. The SMILES string of the molecule is CCCNCc1ccc(OCC(O)COC)cc1. The third-order valence-corrected chi connectivity index (χ3v) is 2.48. The summed E-state index contributed by atoms with van der Waals surface area (Å²) in [4.78, 5) is 0. The van der Waals surface area contributed by atoms with Crippen molar-refractivity contribution >= 4 is 0 Å². The number of hydrogen-bond acceptors (Lipinski definition) is 4. The number of methoxy groups -OCH3 is 1. The highest BCUT2D eigenvalue weighted by Gasteiger charge is 2.04. The fourth-order valence-corrected chi connectivity index (χ4v) is 1.55. The summed E-state index contributed by atoms with van der Waals surface area (Å²) in [6.45, 7) is 4.59. The smallest absolute Gasteiger partial charge is 0.119 e. The van der Waals surface area contributed by atoms with Gasteiger partial charge in [-0.2, -0.15) is 0 Å². The minimum Gasteiger partial charge on any atom is -0.491 e. The van der Waals surface area contributed by atoms with Gasteiger partial charge in [-0.05, 0) is 30.7 Å². The van der Waals surface area contributed by atoms with Crippen molar-refractivity contribution in [1.82, 2.24) is 5.32 Å². The maximum Gasteiger partial charge on any atom is 0.119 e. The Morgan fingerprint density at radius 2 is 1.94 bits per heavy atom. The topological polar surface area (TPSA) is 50.7 Å². The van der Waals surface area contributed by atoms with Crippen LogP contribution in [0.2, 0.25) is 0 Å². The van der Waals surface area contributed by atoms with Gasteiger partial charge in [0.15, 0.2) is 0 Å². The van der Waals surface area contributed by atoms with E-state index in [1.807, 2.05) is 24.3 Å². The first-order chi connectivity index (χ1) is 8.76. The van der Waals surface area contributed by atoms with Crippen molar-refractivity contribution in [2.75, 3.05) is 26.9 Å². The van der Waals surface area contributed by atoms with Crippen molar-refractivity contribution in [3.63, 3.8) is 0 Å². The molecule has 1 aromatic rings. The fraction of sp³-hybridized carbons (Fsp3) is 0.571. The first-order valence-electron chi connectivity index (χ1n) is 6.35. The van der Waals surface area contributed by atoms with Gasteiger partial charge in [-0.3, -0.25) is 0 Å². The lowest BCUT2D eigenvalue weighted by Crippen LogP contribution is -2.22. The van der Waals surface area contributed by atoms with E-state index in [2.05, 4.69) is 12.2 Å². The van der Waals surface area contributed by atoms with Crippen LogP contribution in [0.5, 0.6) is 5.75 Å². The van der Waals surface area contributed by atoms with Crippen LogP contribution in [0, 0.1) is 0 Å². The second-order valence-corrected chi connectivity index (χ2v) is 4.24. The summed E-state index contributed by atoms with van der Waals surface area (Å²) in [6, 6.07) is 7.90. The Morgan fingerprint density at radius 1 is 1.22 bits per heavy atom. The van der Waals surface area contributed by atoms with Crippen molar-refractivity contribution in [3.8, 4) is 5.75 Å². The maximum atomic E-state index is 9.45. The van der Waals surface area contributed by atoms with E-state index in [-0.39, 0.29) is 6.61 Å². The Hall–Kier alpha value is -1.10. The van der Waals surface area contributed by atoms with Crippen molar-refractivity contribution in [2.45, 2.75) is 26.0 Å². The van der Waals surface area contributed by atoms with Gasteiger partial charge < -0.3 is 19.9 Å². The van der Waals surface area contributed by atoms with Crippen LogP contribution in [0.25, 0.3) is 0 Å². The normalized spacial score (nSPS) is 12.4. The van der Waals surface area contributed by atoms with Gasteiger partial charge >= 0.3 is 0 Å². The molecule has 2 N–H and O–H groups in total. The van der Waals surface area contributed by atoms with Crippen LogP contribution in [-0.2, 0) is 11.3 Å². The van der Waals surface area contributed by atoms with Gasteiger partial charge in [-0.1, -0.05) is 19.1 Å². The van der Waals surface area contributed by atoms with E-state index >= 15 is 0 Å². The Morgan fingerprint density at radius 3 is 2.56 bits per heavy atom. The van der Waals surface area contributed by atoms with E-state index in [9.17, 15) is 5.11 Å². The number of benzene rings is 1. The summed E-state index contributed by atoms with van der Waals surface area (Å²) in [7, 11) is 1.56. The molecule has 1 atom stereocenters. The van der Waals surface area contributed by atoms with Crippen LogP contribution in [0.3, 0.4) is 0 Å². The van der Waals surface area contributed by atoms with Crippen molar-refractivity contribution in [1.29, 1.82) is 0 Å². The number of hydrogen-bond donors (Lipinski definition) is 2. The van der Waals surface area contributed by atoms with Gasteiger partial charge in [0.05, 0.1) is 6.61 Å². The standard InChI is InChI=1S/C14H23NO3/c1-3-8-15-9-12-4-6-14(7-5-12)18-11-13(16)10-17-2/h4-7,13,15-16H,3,8-11H2,1-2H3. The van der Waals surface area contributed by atoms with E-state index in [0.29, 0.717) is 6.61 Å². The summed E-state index contributed by atoms with van der Waals surface area (Å²) >= 11 is 0. The zero-order chi connectivity index (χ0) is 13.2. The molecule has 0 heterocycles. The highest BCUT2D eigenvalue weighted by atomic mass is 16.5. The molecule has 0 aliphatic carbocycles. The summed E-state index contributed by atoms with van der Waals surface area (Å²) in [5.41, 5.74) is 1.23. The molecule has 0 saturated heterocycles. The molecule has 0 aliphatic rings. The van der Waals surface area contributed by atoms with Gasteiger partial charge in [-0.25, -0.2) is 0 Å². The summed E-state index contributed by atoms with van der Waals surface area (Å²) < 4.78 is 10.3.